The van der Waals surface area contributed by atoms with E-state index in [1.807, 2.05) is 7.05 Å². The van der Waals surface area contributed by atoms with Gasteiger partial charge in [0.1, 0.15) is 11.6 Å². The molecule has 0 spiro atoms. The average molecular weight is 279 g/mol. The molecule has 112 valence electrons. The van der Waals surface area contributed by atoms with Gasteiger partial charge in [0.2, 0.25) is 0 Å². The van der Waals surface area contributed by atoms with Gasteiger partial charge < -0.3 is 10.2 Å². The van der Waals surface area contributed by atoms with E-state index in [1.54, 1.807) is 6.07 Å². The summed E-state index contributed by atoms with van der Waals surface area (Å²) < 4.78 is 13.4. The molecule has 0 saturated carbocycles. The Kier molecular flexibility index (Phi) is 5.35. The van der Waals surface area contributed by atoms with Crippen LogP contribution in [-0.2, 0) is 6.54 Å². The second-order valence-corrected chi connectivity index (χ2v) is 6.09. The fraction of sp³-hybridized carbons (Fsp3) is 0.688. The number of rotatable bonds is 4. The van der Waals surface area contributed by atoms with Crippen molar-refractivity contribution in [2.24, 2.45) is 11.8 Å². The molecule has 4 heteroatoms. The number of halogens is 1. The van der Waals surface area contributed by atoms with Crippen molar-refractivity contribution >= 4 is 5.82 Å². The number of hydrogen-bond acceptors (Lipinski definition) is 3. The molecule has 20 heavy (non-hydrogen) atoms. The van der Waals surface area contributed by atoms with Crippen molar-refractivity contribution in [2.45, 2.75) is 39.7 Å². The van der Waals surface area contributed by atoms with E-state index in [0.29, 0.717) is 6.54 Å². The van der Waals surface area contributed by atoms with Crippen LogP contribution >= 0.6 is 0 Å². The highest BCUT2D eigenvalue weighted by Gasteiger charge is 2.21. The summed E-state index contributed by atoms with van der Waals surface area (Å²) in [7, 11) is 1.88. The molecular weight excluding hydrogens is 253 g/mol. The van der Waals surface area contributed by atoms with Gasteiger partial charge in [-0.1, -0.05) is 13.8 Å². The first-order valence-electron chi connectivity index (χ1n) is 7.65. The van der Waals surface area contributed by atoms with Crippen LogP contribution < -0.4 is 10.2 Å². The lowest BCUT2D eigenvalue weighted by Gasteiger charge is -2.24. The van der Waals surface area contributed by atoms with E-state index in [4.69, 9.17) is 0 Å². The Morgan fingerprint density at radius 1 is 1.40 bits per heavy atom. The summed E-state index contributed by atoms with van der Waals surface area (Å²) in [4.78, 5) is 6.67. The van der Waals surface area contributed by atoms with Crippen LogP contribution in [-0.4, -0.2) is 25.1 Å². The molecule has 0 amide bonds. The zero-order valence-corrected chi connectivity index (χ0v) is 12.8. The largest absolute Gasteiger partial charge is 0.356 e. The van der Waals surface area contributed by atoms with Crippen LogP contribution in [0.15, 0.2) is 12.3 Å². The van der Waals surface area contributed by atoms with E-state index in [0.717, 1.165) is 36.3 Å². The van der Waals surface area contributed by atoms with Crippen LogP contribution in [0.5, 0.6) is 0 Å². The molecule has 0 radical (unpaired) electrons. The lowest BCUT2D eigenvalue weighted by atomic mass is 9.89. The first kappa shape index (κ1) is 15.2. The van der Waals surface area contributed by atoms with E-state index in [9.17, 15) is 4.39 Å². The van der Waals surface area contributed by atoms with Gasteiger partial charge in [-0.15, -0.1) is 0 Å². The van der Waals surface area contributed by atoms with Gasteiger partial charge in [-0.05, 0) is 44.2 Å². The molecular formula is C16H26FN3. The minimum atomic E-state index is -0.256. The van der Waals surface area contributed by atoms with E-state index >= 15 is 0 Å². The van der Waals surface area contributed by atoms with Crippen LogP contribution in [0.4, 0.5) is 10.2 Å². The fourth-order valence-electron chi connectivity index (χ4n) is 3.08. The van der Waals surface area contributed by atoms with E-state index in [2.05, 4.69) is 29.0 Å². The molecule has 1 aliphatic rings. The quantitative estimate of drug-likeness (QED) is 0.917. The first-order chi connectivity index (χ1) is 9.61. The van der Waals surface area contributed by atoms with Crippen molar-refractivity contribution in [3.63, 3.8) is 0 Å². The predicted octanol–water partition coefficient (Wildman–Crippen LogP) is 3.20. The van der Waals surface area contributed by atoms with Crippen LogP contribution in [0.1, 0.15) is 38.7 Å². The molecule has 3 nitrogen and oxygen atoms in total. The van der Waals surface area contributed by atoms with Crippen molar-refractivity contribution in [3.8, 4) is 0 Å². The molecule has 1 aromatic rings. The number of nitrogens with zero attached hydrogens (tertiary/aromatic N) is 2. The van der Waals surface area contributed by atoms with Gasteiger partial charge in [0, 0.05) is 25.2 Å². The monoisotopic (exact) mass is 279 g/mol. The first-order valence-corrected chi connectivity index (χ1v) is 7.65. The van der Waals surface area contributed by atoms with Crippen molar-refractivity contribution in [2.75, 3.05) is 25.0 Å². The fourth-order valence-corrected chi connectivity index (χ4v) is 3.08. The molecule has 1 saturated heterocycles. The third-order valence-corrected chi connectivity index (χ3v) is 4.29. The molecule has 1 aromatic heterocycles. The highest BCUT2D eigenvalue weighted by molar-refractivity contribution is 5.47. The van der Waals surface area contributed by atoms with Gasteiger partial charge >= 0.3 is 0 Å². The Morgan fingerprint density at radius 2 is 2.20 bits per heavy atom. The van der Waals surface area contributed by atoms with Crippen molar-refractivity contribution in [1.82, 2.24) is 10.3 Å². The maximum Gasteiger partial charge on any atom is 0.141 e. The van der Waals surface area contributed by atoms with Gasteiger partial charge in [-0.3, -0.25) is 0 Å². The summed E-state index contributed by atoms with van der Waals surface area (Å²) in [5, 5.41) is 3.10. The van der Waals surface area contributed by atoms with Crippen LogP contribution in [0.2, 0.25) is 0 Å². The predicted molar refractivity (Wildman–Crippen MR) is 81.4 cm³/mol. The van der Waals surface area contributed by atoms with Gasteiger partial charge in [0.05, 0.1) is 6.20 Å². The maximum absolute atomic E-state index is 13.4. The molecule has 2 heterocycles. The molecule has 1 N–H and O–H groups in total. The van der Waals surface area contributed by atoms with E-state index < -0.39 is 0 Å². The third kappa shape index (κ3) is 3.69. The summed E-state index contributed by atoms with van der Waals surface area (Å²) in [6.07, 6.45) is 5.02. The minimum absolute atomic E-state index is 0.256. The molecule has 2 rings (SSSR count). The second kappa shape index (κ2) is 7.02. The Bertz CT molecular complexity index is 434. The number of hydrogen-bond donors (Lipinski definition) is 1. The Morgan fingerprint density at radius 3 is 2.90 bits per heavy atom. The third-order valence-electron chi connectivity index (χ3n) is 4.29. The highest BCUT2D eigenvalue weighted by Crippen LogP contribution is 2.28. The van der Waals surface area contributed by atoms with Gasteiger partial charge in [-0.25, -0.2) is 9.37 Å². The minimum Gasteiger partial charge on any atom is -0.356 e. The average Bonchev–Trinajstić information content (AvgIpc) is 2.65. The Balaban J connectivity index is 2.14. The molecule has 1 atom stereocenters. The SMILES string of the molecule is CNCc1cc(F)cnc1N1CCCC(C(C)C)CC1. The van der Waals surface area contributed by atoms with Crippen molar-refractivity contribution in [1.29, 1.82) is 0 Å². The zero-order chi connectivity index (χ0) is 14.5. The second-order valence-electron chi connectivity index (χ2n) is 6.09. The summed E-state index contributed by atoms with van der Waals surface area (Å²) in [6.45, 7) is 7.33. The number of nitrogens with one attached hydrogen (secondary N) is 1. The summed E-state index contributed by atoms with van der Waals surface area (Å²) in [5.74, 6) is 2.24. The smallest absolute Gasteiger partial charge is 0.141 e. The molecule has 0 aromatic carbocycles. The Labute approximate surface area is 121 Å². The molecule has 1 aliphatic heterocycles. The van der Waals surface area contributed by atoms with Gasteiger partial charge in [-0.2, -0.15) is 0 Å². The molecule has 1 fully saturated rings. The highest BCUT2D eigenvalue weighted by atomic mass is 19.1. The van der Waals surface area contributed by atoms with Gasteiger partial charge in [0.15, 0.2) is 0 Å². The van der Waals surface area contributed by atoms with Crippen LogP contribution in [0.3, 0.4) is 0 Å². The molecule has 0 bridgehead atoms. The van der Waals surface area contributed by atoms with Crippen molar-refractivity contribution in [3.05, 3.63) is 23.6 Å². The topological polar surface area (TPSA) is 28.2 Å². The Hall–Kier alpha value is -1.16. The lowest BCUT2D eigenvalue weighted by molar-refractivity contribution is 0.351. The number of aromatic nitrogens is 1. The number of pyridine rings is 1. The van der Waals surface area contributed by atoms with Crippen LogP contribution in [0.25, 0.3) is 0 Å². The molecule has 0 aliphatic carbocycles. The summed E-state index contributed by atoms with van der Waals surface area (Å²) in [5.41, 5.74) is 0.954. The van der Waals surface area contributed by atoms with E-state index in [-0.39, 0.29) is 5.82 Å². The van der Waals surface area contributed by atoms with Gasteiger partial charge in [0.25, 0.3) is 0 Å². The summed E-state index contributed by atoms with van der Waals surface area (Å²) in [6, 6.07) is 1.60. The lowest BCUT2D eigenvalue weighted by Crippen LogP contribution is -2.27. The van der Waals surface area contributed by atoms with E-state index in [1.165, 1.54) is 25.5 Å². The van der Waals surface area contributed by atoms with Crippen molar-refractivity contribution < 1.29 is 4.39 Å². The maximum atomic E-state index is 13.4. The zero-order valence-electron chi connectivity index (χ0n) is 12.8. The number of anilines is 1. The standard InChI is InChI=1S/C16H26FN3/c1-12(2)13-5-4-7-20(8-6-13)16-14(10-18-3)9-15(17)11-19-16/h9,11-13,18H,4-8,10H2,1-3H3. The normalized spacial score (nSPS) is 20.2. The summed E-state index contributed by atoms with van der Waals surface area (Å²) >= 11 is 0. The molecule has 1 unspecified atom stereocenters. The van der Waals surface area contributed by atoms with Crippen LogP contribution in [0, 0.1) is 17.7 Å².